The van der Waals surface area contributed by atoms with E-state index in [2.05, 4.69) is 41.4 Å². The molecule has 0 aliphatic heterocycles. The van der Waals surface area contributed by atoms with Gasteiger partial charge in [0.15, 0.2) is 0 Å². The van der Waals surface area contributed by atoms with Crippen molar-refractivity contribution in [3.63, 3.8) is 0 Å². The molecule has 0 amide bonds. The largest absolute Gasteiger partial charge is 0.256 e. The van der Waals surface area contributed by atoms with Crippen LogP contribution in [-0.4, -0.2) is 4.98 Å². The third-order valence-electron chi connectivity index (χ3n) is 3.58. The molecule has 0 N–H and O–H groups in total. The Hall–Kier alpha value is -1.89. The van der Waals surface area contributed by atoms with Crippen molar-refractivity contribution in [2.24, 2.45) is 0 Å². The summed E-state index contributed by atoms with van der Waals surface area (Å²) in [6, 6.07) is 13.1. The number of aromatic nitrogens is 1. The zero-order valence-electron chi connectivity index (χ0n) is 8.90. The van der Waals surface area contributed by atoms with E-state index in [0.717, 1.165) is 18.4 Å². The molecule has 1 heterocycles. The molecule has 0 saturated heterocycles. The van der Waals surface area contributed by atoms with Crippen molar-refractivity contribution in [1.82, 2.24) is 4.98 Å². The van der Waals surface area contributed by atoms with Gasteiger partial charge in [-0.15, -0.1) is 0 Å². The van der Waals surface area contributed by atoms with Crippen LogP contribution in [0.25, 0.3) is 21.7 Å². The normalized spacial score (nSPS) is 13.8. The van der Waals surface area contributed by atoms with E-state index in [4.69, 9.17) is 0 Å². The van der Waals surface area contributed by atoms with Crippen LogP contribution in [0.5, 0.6) is 0 Å². The Morgan fingerprint density at radius 2 is 1.69 bits per heavy atom. The molecule has 0 fully saturated rings. The highest BCUT2D eigenvalue weighted by Crippen LogP contribution is 2.34. The molecule has 16 heavy (non-hydrogen) atoms. The molecule has 1 aliphatic carbocycles. The first-order valence-corrected chi connectivity index (χ1v) is 5.72. The average Bonchev–Trinajstić information content (AvgIpc) is 2.36. The molecule has 0 radical (unpaired) electrons. The predicted molar refractivity (Wildman–Crippen MR) is 66.7 cm³/mol. The molecule has 0 atom stereocenters. The van der Waals surface area contributed by atoms with Gasteiger partial charge < -0.3 is 0 Å². The lowest BCUT2D eigenvalue weighted by Crippen LogP contribution is -2.01. The minimum absolute atomic E-state index is 1.14. The first-order chi connectivity index (χ1) is 7.93. The molecule has 76 valence electrons. The number of nitrogens with zero attached hydrogens (tertiary/aromatic N) is 1. The van der Waals surface area contributed by atoms with Crippen LogP contribution in [0.2, 0.25) is 0 Å². The lowest BCUT2D eigenvalue weighted by Gasteiger charge is -2.17. The molecule has 1 nitrogen and oxygen atoms in total. The van der Waals surface area contributed by atoms with Crippen LogP contribution in [-0.2, 0) is 12.8 Å². The van der Waals surface area contributed by atoms with Gasteiger partial charge in [0.05, 0.1) is 5.52 Å². The summed E-state index contributed by atoms with van der Waals surface area (Å²) in [6.45, 7) is 0. The molecule has 1 aromatic heterocycles. The highest BCUT2D eigenvalue weighted by molar-refractivity contribution is 6.10. The lowest BCUT2D eigenvalue weighted by atomic mass is 9.88. The Balaban J connectivity index is 2.40. The van der Waals surface area contributed by atoms with Crippen molar-refractivity contribution >= 4 is 21.7 Å². The van der Waals surface area contributed by atoms with E-state index in [0.29, 0.717) is 0 Å². The van der Waals surface area contributed by atoms with E-state index in [1.165, 1.54) is 27.3 Å². The van der Waals surface area contributed by atoms with E-state index in [1.54, 1.807) is 0 Å². The van der Waals surface area contributed by atoms with Gasteiger partial charge in [-0.25, -0.2) is 0 Å². The van der Waals surface area contributed by atoms with Crippen molar-refractivity contribution in [1.29, 1.82) is 0 Å². The second kappa shape index (κ2) is 2.82. The van der Waals surface area contributed by atoms with Crippen molar-refractivity contribution in [3.05, 3.63) is 53.7 Å². The molecule has 0 spiro atoms. The second-order valence-corrected chi connectivity index (χ2v) is 4.45. The quantitative estimate of drug-likeness (QED) is 0.512. The first-order valence-electron chi connectivity index (χ1n) is 5.72. The minimum Gasteiger partial charge on any atom is -0.256 e. The standard InChI is InChI=1S/C15H11N/c1-2-10-4-5-12-8-9-16-13-7-6-11(3-1)14(10)15(12)13/h1-3,6-9H,4-5H2. The van der Waals surface area contributed by atoms with Crippen LogP contribution in [0, 0.1) is 0 Å². The molecule has 2 aromatic carbocycles. The molecular formula is C15H11N. The van der Waals surface area contributed by atoms with Gasteiger partial charge in [-0.2, -0.15) is 0 Å². The summed E-state index contributed by atoms with van der Waals surface area (Å²) >= 11 is 0. The van der Waals surface area contributed by atoms with Gasteiger partial charge >= 0.3 is 0 Å². The Morgan fingerprint density at radius 3 is 2.62 bits per heavy atom. The van der Waals surface area contributed by atoms with Gasteiger partial charge in [0.25, 0.3) is 0 Å². The molecule has 4 rings (SSSR count). The van der Waals surface area contributed by atoms with Gasteiger partial charge in [-0.1, -0.05) is 24.3 Å². The van der Waals surface area contributed by atoms with E-state index in [1.807, 2.05) is 6.20 Å². The molecule has 1 aliphatic rings. The Kier molecular flexibility index (Phi) is 1.46. The van der Waals surface area contributed by atoms with E-state index >= 15 is 0 Å². The fourth-order valence-electron chi connectivity index (χ4n) is 2.85. The van der Waals surface area contributed by atoms with Crippen molar-refractivity contribution < 1.29 is 0 Å². The molecular weight excluding hydrogens is 194 g/mol. The van der Waals surface area contributed by atoms with Crippen molar-refractivity contribution in [2.45, 2.75) is 12.8 Å². The second-order valence-electron chi connectivity index (χ2n) is 4.45. The van der Waals surface area contributed by atoms with Crippen LogP contribution in [0.15, 0.2) is 42.6 Å². The van der Waals surface area contributed by atoms with Crippen LogP contribution in [0.1, 0.15) is 11.1 Å². The minimum atomic E-state index is 1.14. The summed E-state index contributed by atoms with van der Waals surface area (Å²) in [4.78, 5) is 4.47. The lowest BCUT2D eigenvalue weighted by molar-refractivity contribution is 0.965. The summed E-state index contributed by atoms with van der Waals surface area (Å²) in [7, 11) is 0. The summed E-state index contributed by atoms with van der Waals surface area (Å²) in [5.41, 5.74) is 4.06. The number of hydrogen-bond donors (Lipinski definition) is 0. The summed E-state index contributed by atoms with van der Waals surface area (Å²) in [5.74, 6) is 0. The van der Waals surface area contributed by atoms with Crippen LogP contribution < -0.4 is 0 Å². The fourth-order valence-corrected chi connectivity index (χ4v) is 2.85. The van der Waals surface area contributed by atoms with Gasteiger partial charge in [0.2, 0.25) is 0 Å². The van der Waals surface area contributed by atoms with Crippen molar-refractivity contribution in [3.8, 4) is 0 Å². The van der Waals surface area contributed by atoms with Gasteiger partial charge in [0.1, 0.15) is 0 Å². The van der Waals surface area contributed by atoms with E-state index in [9.17, 15) is 0 Å². The van der Waals surface area contributed by atoms with Crippen LogP contribution in [0.4, 0.5) is 0 Å². The predicted octanol–water partition coefficient (Wildman–Crippen LogP) is 3.49. The van der Waals surface area contributed by atoms with Crippen LogP contribution >= 0.6 is 0 Å². The maximum atomic E-state index is 4.47. The molecule has 0 saturated carbocycles. The SMILES string of the molecule is c1cc2c3c(c1)ccc1nccc(c13)CC2. The zero-order valence-corrected chi connectivity index (χ0v) is 8.90. The summed E-state index contributed by atoms with van der Waals surface area (Å²) in [6.07, 6.45) is 4.24. The maximum Gasteiger partial charge on any atom is 0.0711 e. The Labute approximate surface area is 93.7 Å². The van der Waals surface area contributed by atoms with E-state index in [-0.39, 0.29) is 0 Å². The monoisotopic (exact) mass is 205 g/mol. The smallest absolute Gasteiger partial charge is 0.0711 e. The van der Waals surface area contributed by atoms with Gasteiger partial charge in [0, 0.05) is 11.6 Å². The Bertz CT molecular complexity index is 650. The molecule has 0 unspecified atom stereocenters. The highest BCUT2D eigenvalue weighted by atomic mass is 14.6. The molecule has 1 heteroatoms. The third kappa shape index (κ3) is 0.929. The molecule has 0 bridgehead atoms. The zero-order chi connectivity index (χ0) is 10.5. The highest BCUT2D eigenvalue weighted by Gasteiger charge is 2.14. The van der Waals surface area contributed by atoms with Gasteiger partial charge in [-0.05, 0) is 46.9 Å². The number of benzene rings is 2. The number of aryl methyl sites for hydroxylation is 2. The Morgan fingerprint density at radius 1 is 0.812 bits per heavy atom. The average molecular weight is 205 g/mol. The van der Waals surface area contributed by atoms with Crippen molar-refractivity contribution in [2.75, 3.05) is 0 Å². The third-order valence-corrected chi connectivity index (χ3v) is 3.58. The summed E-state index contributed by atoms with van der Waals surface area (Å²) < 4.78 is 0. The summed E-state index contributed by atoms with van der Waals surface area (Å²) in [5, 5.41) is 4.15. The number of rotatable bonds is 0. The topological polar surface area (TPSA) is 12.9 Å². The van der Waals surface area contributed by atoms with Gasteiger partial charge in [-0.3, -0.25) is 4.98 Å². The van der Waals surface area contributed by atoms with E-state index < -0.39 is 0 Å². The maximum absolute atomic E-state index is 4.47. The fraction of sp³-hybridized carbons (Fsp3) is 0.133. The van der Waals surface area contributed by atoms with Crippen LogP contribution in [0.3, 0.4) is 0 Å². The molecule has 3 aromatic rings. The number of hydrogen-bond acceptors (Lipinski definition) is 1. The number of pyridine rings is 1. The first kappa shape index (κ1) is 8.28.